The highest BCUT2D eigenvalue weighted by Crippen LogP contribution is 2.51. The second kappa shape index (κ2) is 17.1. The predicted molar refractivity (Wildman–Crippen MR) is 222 cm³/mol. The van der Waals surface area contributed by atoms with Gasteiger partial charge in [0.2, 0.25) is 7.35 Å². The minimum Gasteiger partial charge on any atom is -0.411 e. The van der Waals surface area contributed by atoms with Crippen molar-refractivity contribution in [1.29, 1.82) is 0 Å². The van der Waals surface area contributed by atoms with Crippen molar-refractivity contribution in [2.75, 3.05) is 13.2 Å². The molecule has 284 valence electrons. The Labute approximate surface area is 304 Å². The smallest absolute Gasteiger partial charge is 0.267 e. The van der Waals surface area contributed by atoms with E-state index in [1.807, 2.05) is 0 Å². The van der Waals surface area contributed by atoms with Gasteiger partial charge >= 0.3 is 0 Å². The fraction of sp³-hybridized carbons (Fsp3) is 0.938. The summed E-state index contributed by atoms with van der Waals surface area (Å²) in [5, 5.41) is 0. The highest BCUT2D eigenvalue weighted by molar-refractivity contribution is 7.65. The van der Waals surface area contributed by atoms with Crippen LogP contribution in [0.4, 0.5) is 0 Å². The van der Waals surface area contributed by atoms with Gasteiger partial charge in [0.05, 0.1) is 0 Å². The summed E-state index contributed by atoms with van der Waals surface area (Å²) in [6, 6.07) is 2.74. The first-order chi connectivity index (χ1) is 21.6. The Morgan fingerprint density at radius 1 is 0.562 bits per heavy atom. The third-order valence-electron chi connectivity index (χ3n) is 8.35. The molecule has 2 aliphatic heterocycles. The van der Waals surface area contributed by atoms with E-state index in [0.717, 1.165) is 55.8 Å². The molecule has 0 N–H and O–H groups in total. The van der Waals surface area contributed by atoms with Crippen LogP contribution in [0.5, 0.6) is 0 Å². The van der Waals surface area contributed by atoms with Crippen LogP contribution in [0.15, 0.2) is 12.2 Å². The Morgan fingerprint density at radius 3 is 1.12 bits per heavy atom. The van der Waals surface area contributed by atoms with Crippen molar-refractivity contribution in [3.05, 3.63) is 12.2 Å². The van der Waals surface area contributed by atoms with Crippen molar-refractivity contribution in [2.24, 2.45) is 0 Å². The lowest BCUT2D eigenvalue weighted by molar-refractivity contribution is 0.00488. The van der Waals surface area contributed by atoms with Gasteiger partial charge in [0.15, 0.2) is 47.9 Å². The van der Waals surface area contributed by atoms with E-state index in [1.165, 1.54) is 0 Å². The minimum absolute atomic E-state index is 0.443. The van der Waals surface area contributed by atoms with Crippen molar-refractivity contribution in [3.63, 3.8) is 0 Å². The fourth-order valence-corrected chi connectivity index (χ4v) is 57.2. The molecule has 3 atom stereocenters. The van der Waals surface area contributed by atoms with Gasteiger partial charge in [-0.3, -0.25) is 0 Å². The Kier molecular flexibility index (Phi) is 16.1. The van der Waals surface area contributed by atoms with E-state index < -0.39 is 82.7 Å². The van der Waals surface area contributed by atoms with Crippen LogP contribution < -0.4 is 0 Å². The van der Waals surface area contributed by atoms with Crippen LogP contribution in [0.2, 0.25) is 116 Å². The van der Waals surface area contributed by atoms with Crippen molar-refractivity contribution in [3.8, 4) is 0 Å². The molecule has 2 heterocycles. The summed E-state index contributed by atoms with van der Waals surface area (Å²) < 4.78 is 59.7. The fourth-order valence-electron chi connectivity index (χ4n) is 6.86. The molecule has 0 spiro atoms. The van der Waals surface area contributed by atoms with Gasteiger partial charge in [-0.1, -0.05) is 32.8 Å². The molecule has 8 nitrogen and oxygen atoms in total. The van der Waals surface area contributed by atoms with Crippen molar-refractivity contribution < 1.29 is 35.4 Å². The maximum Gasteiger partial charge on any atom is 0.267 e. The normalized spacial score (nSPS) is 25.7. The molecule has 2 aliphatic rings. The summed E-state index contributed by atoms with van der Waals surface area (Å²) in [6.07, 6.45) is 4.59. The van der Waals surface area contributed by atoms with Gasteiger partial charge in [0, 0.05) is 13.2 Å². The zero-order chi connectivity index (χ0) is 37.0. The van der Waals surface area contributed by atoms with Gasteiger partial charge in [0.1, 0.15) is 11.8 Å². The van der Waals surface area contributed by atoms with Crippen LogP contribution in [0, 0.1) is 0 Å². The molecule has 2 fully saturated rings. The minimum atomic E-state index is -3.29. The van der Waals surface area contributed by atoms with Crippen LogP contribution in [-0.2, 0) is 35.4 Å². The van der Waals surface area contributed by atoms with Gasteiger partial charge in [0.25, 0.3) is 15.7 Å². The van der Waals surface area contributed by atoms with Gasteiger partial charge in [-0.25, -0.2) is 0 Å². The second-order valence-electron chi connectivity index (χ2n) is 19.1. The summed E-state index contributed by atoms with van der Waals surface area (Å²) >= 11 is 0. The average molecular weight is 814 g/mol. The maximum absolute atomic E-state index is 8.09. The van der Waals surface area contributed by atoms with E-state index in [2.05, 4.69) is 119 Å². The van der Waals surface area contributed by atoms with E-state index in [9.17, 15) is 0 Å². The van der Waals surface area contributed by atoms with E-state index in [0.29, 0.717) is 13.2 Å². The first-order valence-corrected chi connectivity index (χ1v) is 44.2. The van der Waals surface area contributed by atoms with Gasteiger partial charge in [-0.2, -0.15) is 0 Å². The molecule has 0 aromatic heterocycles. The number of hydrogen-bond donors (Lipinski definition) is 0. The second-order valence-corrected chi connectivity index (χ2v) is 61.3. The third kappa shape index (κ3) is 12.6. The standard InChI is InChI=1S/C32H76O8Si8/c1-19-26-48(36-30(29(2)3)35-41(4,5)6,46(27-22-20-24-33-46)31(37-42(7,8)9)38-43(10,11)12)47(28-23-21-25-34-47)32(39-44(13,14)15)40-45(16,17)18/h30-32H,2,19-28H2,1,3-18H3. The summed E-state index contributed by atoms with van der Waals surface area (Å²) in [4.78, 5) is 0. The molecule has 0 aromatic rings. The van der Waals surface area contributed by atoms with E-state index >= 15 is 0 Å². The topological polar surface area (TPSA) is 73.8 Å². The molecule has 3 unspecified atom stereocenters. The quantitative estimate of drug-likeness (QED) is 0.0726. The molecule has 0 bridgehead atoms. The molecule has 0 radical (unpaired) electrons. The zero-order valence-electron chi connectivity index (χ0n) is 34.3. The molecule has 2 saturated heterocycles. The lowest BCUT2D eigenvalue weighted by Crippen LogP contribution is -2.90. The van der Waals surface area contributed by atoms with Crippen molar-refractivity contribution in [2.45, 2.75) is 180 Å². The highest BCUT2D eigenvalue weighted by atomic mass is 29.7. The maximum atomic E-state index is 8.09. The summed E-state index contributed by atoms with van der Waals surface area (Å²) in [7, 11) is -20.2. The Bertz CT molecular complexity index is 928. The van der Waals surface area contributed by atoms with Crippen molar-refractivity contribution in [1.82, 2.24) is 0 Å². The van der Waals surface area contributed by atoms with E-state index in [1.54, 1.807) is 0 Å². The van der Waals surface area contributed by atoms with Crippen molar-refractivity contribution >= 4 is 64.6 Å². The lowest BCUT2D eigenvalue weighted by atomic mass is 10.3. The largest absolute Gasteiger partial charge is 0.411 e. The molecule has 0 aliphatic carbocycles. The summed E-state index contributed by atoms with van der Waals surface area (Å²) in [5.74, 6) is -0.886. The lowest BCUT2D eigenvalue weighted by Gasteiger charge is -2.61. The summed E-state index contributed by atoms with van der Waals surface area (Å²) in [6.45, 7) is 44.3. The molecular formula is C32H76O8Si8. The SMILES string of the molecule is C=C(C)C(O[Si](C)(C)C)O[Si](CCC)([Si]1(C(O[Si](C)(C)C)O[Si](C)(C)C)CCCCO1)[Si]1(C(O[Si](C)(C)C)O[Si](C)(C)C)CCCCO1. The molecule has 0 amide bonds. The Hall–Kier alpha value is 1.16. The van der Waals surface area contributed by atoms with Crippen LogP contribution >= 0.6 is 0 Å². The zero-order valence-corrected chi connectivity index (χ0v) is 42.3. The molecule has 16 heteroatoms. The highest BCUT2D eigenvalue weighted by Gasteiger charge is 2.79. The Balaban J connectivity index is 3.25. The van der Waals surface area contributed by atoms with Gasteiger partial charge in [-0.15, -0.1) is 0 Å². The van der Waals surface area contributed by atoms with Gasteiger partial charge < -0.3 is 35.4 Å². The van der Waals surface area contributed by atoms with Crippen LogP contribution in [0.3, 0.4) is 0 Å². The molecule has 48 heavy (non-hydrogen) atoms. The first-order valence-electron chi connectivity index (χ1n) is 18.6. The van der Waals surface area contributed by atoms with Gasteiger partial charge in [-0.05, 0) is 142 Å². The number of rotatable bonds is 19. The monoisotopic (exact) mass is 812 g/mol. The number of hydrogen-bond acceptors (Lipinski definition) is 8. The molecule has 0 saturated carbocycles. The molecule has 0 aromatic carbocycles. The molecule has 2 rings (SSSR count). The summed E-state index contributed by atoms with van der Waals surface area (Å²) in [5.41, 5.74) is 0.896. The Morgan fingerprint density at radius 2 is 0.896 bits per heavy atom. The van der Waals surface area contributed by atoms with Crippen LogP contribution in [0.25, 0.3) is 0 Å². The molecular weight excluding hydrogens is 737 g/mol. The van der Waals surface area contributed by atoms with E-state index in [4.69, 9.17) is 35.4 Å². The van der Waals surface area contributed by atoms with Crippen LogP contribution in [-0.4, -0.2) is 95.9 Å². The third-order valence-corrected chi connectivity index (χ3v) is 45.9. The average Bonchev–Trinajstić information content (AvgIpc) is 2.88. The first kappa shape index (κ1) is 45.3. The van der Waals surface area contributed by atoms with E-state index in [-0.39, 0.29) is 0 Å². The predicted octanol–water partition coefficient (Wildman–Crippen LogP) is 9.92. The van der Waals surface area contributed by atoms with Crippen LogP contribution in [0.1, 0.15) is 46.0 Å².